The summed E-state index contributed by atoms with van der Waals surface area (Å²) in [5.41, 5.74) is 6.74. The minimum Gasteiger partial charge on any atom is -0.462 e. The van der Waals surface area contributed by atoms with E-state index >= 15 is 0 Å². The highest BCUT2D eigenvalue weighted by molar-refractivity contribution is 8.00. The van der Waals surface area contributed by atoms with Crippen molar-refractivity contribution in [2.45, 2.75) is 37.5 Å². The Morgan fingerprint density at radius 2 is 2.29 bits per heavy atom. The van der Waals surface area contributed by atoms with Gasteiger partial charge in [0.15, 0.2) is 0 Å². The zero-order valence-corrected chi connectivity index (χ0v) is 11.2. The summed E-state index contributed by atoms with van der Waals surface area (Å²) in [7, 11) is 0. The minimum absolute atomic E-state index is 0.342. The fourth-order valence-electron chi connectivity index (χ4n) is 1.21. The Morgan fingerprint density at radius 3 is 2.88 bits per heavy atom. The molecule has 4 nitrogen and oxygen atoms in total. The maximum Gasteiger partial charge on any atom is 0.340 e. The van der Waals surface area contributed by atoms with Crippen molar-refractivity contribution < 1.29 is 9.53 Å². The number of aromatic nitrogens is 1. The molecule has 0 aromatic carbocycles. The molecule has 0 radical (unpaired) electrons. The molecule has 0 fully saturated rings. The third-order valence-electron chi connectivity index (χ3n) is 2.34. The van der Waals surface area contributed by atoms with Crippen LogP contribution < -0.4 is 5.73 Å². The molecule has 0 aliphatic rings. The molecule has 0 aliphatic heterocycles. The van der Waals surface area contributed by atoms with Gasteiger partial charge < -0.3 is 10.5 Å². The molecular weight excluding hydrogens is 236 g/mol. The molecule has 1 aromatic heterocycles. The number of hydrogen-bond donors (Lipinski definition) is 1. The predicted molar refractivity (Wildman–Crippen MR) is 70.2 cm³/mol. The van der Waals surface area contributed by atoms with Crippen molar-refractivity contribution in [3.8, 4) is 0 Å². The first-order chi connectivity index (χ1) is 8.10. The van der Waals surface area contributed by atoms with Crippen LogP contribution in [0.2, 0.25) is 0 Å². The number of anilines is 1. The highest BCUT2D eigenvalue weighted by atomic mass is 32.2. The van der Waals surface area contributed by atoms with Crippen LogP contribution in [0.3, 0.4) is 0 Å². The molecule has 0 saturated heterocycles. The first-order valence-corrected chi connectivity index (χ1v) is 6.56. The van der Waals surface area contributed by atoms with Crippen LogP contribution in [0.1, 0.15) is 37.6 Å². The smallest absolute Gasteiger partial charge is 0.340 e. The molecule has 0 aliphatic carbocycles. The second kappa shape index (κ2) is 6.49. The molecule has 1 heterocycles. The van der Waals surface area contributed by atoms with Crippen LogP contribution in [0.25, 0.3) is 0 Å². The highest BCUT2D eigenvalue weighted by Crippen LogP contribution is 2.30. The van der Waals surface area contributed by atoms with E-state index in [0.29, 0.717) is 28.1 Å². The van der Waals surface area contributed by atoms with Gasteiger partial charge in [0.05, 0.1) is 17.9 Å². The van der Waals surface area contributed by atoms with Gasteiger partial charge in [-0.15, -0.1) is 11.8 Å². The number of nitrogens with zero attached hydrogens (tertiary/aromatic N) is 1. The second-order valence-corrected chi connectivity index (χ2v) is 5.06. The standard InChI is InChI=1S/C12H18N2O2S/c1-4-8(3)17-11-10(13)9(6-7-14-11)12(15)16-5-2/h6-8H,4-5,13H2,1-3H3. The fraction of sp³-hybridized carbons (Fsp3) is 0.500. The Balaban J connectivity index is 2.94. The zero-order valence-electron chi connectivity index (χ0n) is 10.4. The Morgan fingerprint density at radius 1 is 1.59 bits per heavy atom. The number of nitrogens with two attached hydrogens (primary N) is 1. The van der Waals surface area contributed by atoms with Crippen LogP contribution in [0, 0.1) is 0 Å². The molecule has 5 heteroatoms. The van der Waals surface area contributed by atoms with Gasteiger partial charge in [0, 0.05) is 11.4 Å². The van der Waals surface area contributed by atoms with E-state index in [1.807, 2.05) is 0 Å². The van der Waals surface area contributed by atoms with E-state index in [1.54, 1.807) is 30.9 Å². The van der Waals surface area contributed by atoms with Crippen LogP contribution in [0.4, 0.5) is 5.69 Å². The zero-order chi connectivity index (χ0) is 12.8. The molecule has 1 atom stereocenters. The van der Waals surface area contributed by atoms with E-state index < -0.39 is 5.97 Å². The number of hydrogen-bond acceptors (Lipinski definition) is 5. The van der Waals surface area contributed by atoms with E-state index in [0.717, 1.165) is 6.42 Å². The Kier molecular flexibility index (Phi) is 5.28. The maximum absolute atomic E-state index is 11.6. The van der Waals surface area contributed by atoms with Crippen molar-refractivity contribution in [3.63, 3.8) is 0 Å². The van der Waals surface area contributed by atoms with Gasteiger partial charge in [-0.05, 0) is 19.4 Å². The van der Waals surface area contributed by atoms with E-state index in [2.05, 4.69) is 18.8 Å². The molecule has 1 unspecified atom stereocenters. The largest absolute Gasteiger partial charge is 0.462 e. The average Bonchev–Trinajstić information content (AvgIpc) is 2.32. The first kappa shape index (κ1) is 13.8. The third kappa shape index (κ3) is 3.63. The minimum atomic E-state index is -0.390. The Bertz CT molecular complexity index is 396. The third-order valence-corrected chi connectivity index (χ3v) is 3.62. The Hall–Kier alpha value is -1.23. The lowest BCUT2D eigenvalue weighted by molar-refractivity contribution is 0.0527. The van der Waals surface area contributed by atoms with E-state index in [4.69, 9.17) is 10.5 Å². The molecule has 0 spiro atoms. The molecule has 1 aromatic rings. The molecular formula is C12H18N2O2S. The van der Waals surface area contributed by atoms with Gasteiger partial charge in [0.25, 0.3) is 0 Å². The topological polar surface area (TPSA) is 65.2 Å². The van der Waals surface area contributed by atoms with Crippen molar-refractivity contribution in [2.24, 2.45) is 0 Å². The summed E-state index contributed by atoms with van der Waals surface area (Å²) in [6.07, 6.45) is 2.61. The molecule has 1 rings (SSSR count). The SMILES string of the molecule is CCOC(=O)c1ccnc(SC(C)CC)c1N. The van der Waals surface area contributed by atoms with Crippen molar-refractivity contribution in [3.05, 3.63) is 17.8 Å². The summed E-state index contributed by atoms with van der Waals surface area (Å²) in [4.78, 5) is 15.8. The van der Waals surface area contributed by atoms with Gasteiger partial charge in [-0.25, -0.2) is 9.78 Å². The second-order valence-electron chi connectivity index (χ2n) is 3.63. The first-order valence-electron chi connectivity index (χ1n) is 5.68. The lowest BCUT2D eigenvalue weighted by Crippen LogP contribution is -2.10. The molecule has 2 N–H and O–H groups in total. The van der Waals surface area contributed by atoms with Crippen molar-refractivity contribution >= 4 is 23.4 Å². The van der Waals surface area contributed by atoms with Crippen molar-refractivity contribution in [2.75, 3.05) is 12.3 Å². The summed E-state index contributed by atoms with van der Waals surface area (Å²) in [5.74, 6) is -0.390. The highest BCUT2D eigenvalue weighted by Gasteiger charge is 2.15. The van der Waals surface area contributed by atoms with E-state index in [9.17, 15) is 4.79 Å². The number of thioether (sulfide) groups is 1. The normalized spacial score (nSPS) is 12.2. The number of carbonyl (C=O) groups is 1. The summed E-state index contributed by atoms with van der Waals surface area (Å²) in [5, 5.41) is 1.12. The summed E-state index contributed by atoms with van der Waals surface area (Å²) < 4.78 is 4.94. The van der Waals surface area contributed by atoms with E-state index in [1.165, 1.54) is 0 Å². The predicted octanol–water partition coefficient (Wildman–Crippen LogP) is 2.73. The quantitative estimate of drug-likeness (QED) is 0.646. The van der Waals surface area contributed by atoms with Gasteiger partial charge in [-0.1, -0.05) is 13.8 Å². The number of nitrogen functional groups attached to an aromatic ring is 1. The summed E-state index contributed by atoms with van der Waals surface area (Å²) in [6, 6.07) is 1.59. The van der Waals surface area contributed by atoms with Crippen LogP contribution in [0.5, 0.6) is 0 Å². The van der Waals surface area contributed by atoms with Gasteiger partial charge >= 0.3 is 5.97 Å². The fourth-order valence-corrected chi connectivity index (χ4v) is 2.12. The van der Waals surface area contributed by atoms with E-state index in [-0.39, 0.29) is 0 Å². The van der Waals surface area contributed by atoms with Gasteiger partial charge in [0.1, 0.15) is 5.03 Å². The lowest BCUT2D eigenvalue weighted by Gasteiger charge is -2.11. The number of esters is 1. The molecule has 0 saturated carbocycles. The maximum atomic E-state index is 11.6. The lowest BCUT2D eigenvalue weighted by atomic mass is 10.2. The van der Waals surface area contributed by atoms with Crippen molar-refractivity contribution in [1.82, 2.24) is 4.98 Å². The number of pyridine rings is 1. The van der Waals surface area contributed by atoms with Crippen LogP contribution in [-0.2, 0) is 4.74 Å². The van der Waals surface area contributed by atoms with Crippen LogP contribution >= 0.6 is 11.8 Å². The molecule has 17 heavy (non-hydrogen) atoms. The molecule has 0 amide bonds. The summed E-state index contributed by atoms with van der Waals surface area (Å²) in [6.45, 7) is 6.31. The van der Waals surface area contributed by atoms with Gasteiger partial charge in [0.2, 0.25) is 0 Å². The molecule has 0 bridgehead atoms. The Labute approximate surface area is 106 Å². The van der Waals surface area contributed by atoms with Gasteiger partial charge in [-0.3, -0.25) is 0 Å². The molecule has 94 valence electrons. The number of rotatable bonds is 5. The van der Waals surface area contributed by atoms with Gasteiger partial charge in [-0.2, -0.15) is 0 Å². The summed E-state index contributed by atoms with van der Waals surface area (Å²) >= 11 is 1.58. The van der Waals surface area contributed by atoms with Crippen molar-refractivity contribution in [1.29, 1.82) is 0 Å². The number of carbonyl (C=O) groups excluding carboxylic acids is 1. The number of ether oxygens (including phenoxy) is 1. The monoisotopic (exact) mass is 254 g/mol. The van der Waals surface area contributed by atoms with Crippen LogP contribution in [0.15, 0.2) is 17.3 Å². The van der Waals surface area contributed by atoms with Crippen LogP contribution in [-0.4, -0.2) is 22.8 Å². The average molecular weight is 254 g/mol.